The second-order valence-corrected chi connectivity index (χ2v) is 1.70. The van der Waals surface area contributed by atoms with Gasteiger partial charge in [-0.25, -0.2) is 0 Å². The zero-order chi connectivity index (χ0) is 10.7. The van der Waals surface area contributed by atoms with E-state index in [4.69, 9.17) is 41.9 Å². The van der Waals surface area contributed by atoms with Gasteiger partial charge in [0.25, 0.3) is 0 Å². The van der Waals surface area contributed by atoms with E-state index in [-0.39, 0.29) is 50.6 Å². The standard InChI is InChI=1S/3ClO3.Na.Pt/c3*2-1(3)4;;/q3*-1;+1;+2. The third kappa shape index (κ3) is 512. The van der Waals surface area contributed by atoms with E-state index < -0.39 is 32.4 Å². The Morgan fingerprint density at radius 2 is 0.429 bits per heavy atom. The van der Waals surface area contributed by atoms with Crippen molar-refractivity contribution in [1.29, 1.82) is 0 Å². The fourth-order valence-electron chi connectivity index (χ4n) is 0. The molecule has 0 aromatic heterocycles. The van der Waals surface area contributed by atoms with Gasteiger partial charge in [-0.1, -0.05) is 0 Å². The van der Waals surface area contributed by atoms with Crippen LogP contribution in [0.1, 0.15) is 0 Å². The largest absolute Gasteiger partial charge is 2.00 e. The summed E-state index contributed by atoms with van der Waals surface area (Å²) in [6.07, 6.45) is 0. The normalized spacial score (nSPS) is 7.71. The van der Waals surface area contributed by atoms with Gasteiger partial charge in [-0.05, 0) is 0 Å². The topological polar surface area (TPSA) is 208 Å². The summed E-state index contributed by atoms with van der Waals surface area (Å²) in [6.45, 7) is 0. The summed E-state index contributed by atoms with van der Waals surface area (Å²) >= 11 is 0. The van der Waals surface area contributed by atoms with E-state index in [1.807, 2.05) is 0 Å². The van der Waals surface area contributed by atoms with Gasteiger partial charge in [-0.15, -0.1) is 0 Å². The number of hydrogen-bond acceptors (Lipinski definition) is 9. The Bertz CT molecular complexity index is 48.5. The van der Waals surface area contributed by atoms with Crippen molar-refractivity contribution in [2.45, 2.75) is 0 Å². The van der Waals surface area contributed by atoms with Gasteiger partial charge in [-0.2, -0.15) is 0 Å². The summed E-state index contributed by atoms with van der Waals surface area (Å²) in [6, 6.07) is 0. The first-order chi connectivity index (χ1) is 5.20. The molecule has 0 fully saturated rings. The minimum absolute atomic E-state index is 0. The van der Waals surface area contributed by atoms with Crippen LogP contribution in [-0.2, 0) is 21.1 Å². The van der Waals surface area contributed by atoms with Crippen LogP contribution in [0.25, 0.3) is 0 Å². The molecule has 86 valence electrons. The first-order valence-electron chi connectivity index (χ1n) is 1.39. The zero-order valence-corrected chi connectivity index (χ0v) is 12.7. The molecule has 14 heteroatoms. The molecule has 0 saturated heterocycles. The predicted octanol–water partition coefficient (Wildman–Crippen LogP) is -13.7. The Morgan fingerprint density at radius 3 is 0.429 bits per heavy atom. The average Bonchev–Trinajstić information content (AvgIpc) is 1.54. The fourth-order valence-corrected chi connectivity index (χ4v) is 0. The first kappa shape index (κ1) is 29.8. The Hall–Kier alpha value is 2.20. The number of hydrogen-bond donors (Lipinski definition) is 0. The molecule has 0 aliphatic heterocycles. The van der Waals surface area contributed by atoms with Gasteiger partial charge in [0.1, 0.15) is 0 Å². The molecule has 0 saturated carbocycles. The Labute approximate surface area is 124 Å². The molecular formula is Cl3NaO9Pt. The fraction of sp³-hybridized carbons (Fsp3) is 0. The van der Waals surface area contributed by atoms with Crippen molar-refractivity contribution in [3.8, 4) is 0 Å². The van der Waals surface area contributed by atoms with Crippen molar-refractivity contribution < 1.29 is 125 Å². The minimum atomic E-state index is -2.85. The smallest absolute Gasteiger partial charge is 0.357 e. The molecule has 0 amide bonds. The SMILES string of the molecule is [Na+].[O-][Cl+2]([O-])[O-].[O-][Cl+2]([O-])[O-].[O-][Cl+2]([O-])[O-].[Pt+2]. The molecule has 0 aliphatic carbocycles. The molecule has 0 N–H and O–H groups in total. The van der Waals surface area contributed by atoms with Crippen LogP contribution >= 0.6 is 0 Å². The van der Waals surface area contributed by atoms with E-state index in [2.05, 4.69) is 0 Å². The average molecular weight is 468 g/mol. The molecule has 9 nitrogen and oxygen atoms in total. The van der Waals surface area contributed by atoms with Crippen LogP contribution < -0.4 is 71.5 Å². The maximum atomic E-state index is 8.41. The van der Waals surface area contributed by atoms with Crippen LogP contribution in [0.2, 0.25) is 0 Å². The predicted molar refractivity (Wildman–Crippen MR) is 0 cm³/mol. The Balaban J connectivity index is -0.0000000270. The Morgan fingerprint density at radius 1 is 0.429 bits per heavy atom. The Kier molecular flexibility index (Phi) is 52.1. The summed E-state index contributed by atoms with van der Waals surface area (Å²) in [4.78, 5) is 0. The van der Waals surface area contributed by atoms with E-state index in [0.29, 0.717) is 0 Å². The van der Waals surface area contributed by atoms with E-state index in [1.54, 1.807) is 0 Å². The van der Waals surface area contributed by atoms with Gasteiger partial charge in [0, 0.05) is 0 Å². The second-order valence-electron chi connectivity index (χ2n) is 0.567. The molecule has 0 rings (SSSR count). The number of halogens is 3. The van der Waals surface area contributed by atoms with E-state index >= 15 is 0 Å². The minimum Gasteiger partial charge on any atom is -0.357 e. The van der Waals surface area contributed by atoms with Gasteiger partial charge < -0.3 is 41.9 Å². The second kappa shape index (κ2) is 24.4. The molecule has 0 bridgehead atoms. The van der Waals surface area contributed by atoms with Crippen LogP contribution in [0.3, 0.4) is 0 Å². The van der Waals surface area contributed by atoms with Crippen LogP contribution in [0.15, 0.2) is 0 Å². The summed E-state index contributed by atoms with van der Waals surface area (Å²) in [5.41, 5.74) is 0. The molecular weight excluding hydrogens is 468 g/mol. The molecule has 0 unspecified atom stereocenters. The van der Waals surface area contributed by atoms with Crippen molar-refractivity contribution in [2.24, 2.45) is 0 Å². The van der Waals surface area contributed by atoms with Crippen molar-refractivity contribution in [3.63, 3.8) is 0 Å². The summed E-state index contributed by atoms with van der Waals surface area (Å²) in [7, 11) is -8.56. The molecule has 0 aromatic carbocycles. The maximum absolute atomic E-state index is 8.41. The van der Waals surface area contributed by atoms with Crippen LogP contribution in [0, 0.1) is 32.4 Å². The van der Waals surface area contributed by atoms with Crippen LogP contribution in [-0.4, -0.2) is 0 Å². The molecule has 0 aromatic rings. The van der Waals surface area contributed by atoms with Crippen molar-refractivity contribution in [1.82, 2.24) is 0 Å². The summed E-state index contributed by atoms with van der Waals surface area (Å²) < 4.78 is 75.7. The van der Waals surface area contributed by atoms with E-state index in [9.17, 15) is 0 Å². The quantitative estimate of drug-likeness (QED) is 0.309. The monoisotopic (exact) mass is 467 g/mol. The number of rotatable bonds is 0. The maximum Gasteiger partial charge on any atom is 2.00 e. The van der Waals surface area contributed by atoms with Gasteiger partial charge in [0.2, 0.25) is 0 Å². The summed E-state index contributed by atoms with van der Waals surface area (Å²) in [5.74, 6) is 0. The first-order valence-corrected chi connectivity index (χ1v) is 4.17. The molecule has 14 heavy (non-hydrogen) atoms. The van der Waals surface area contributed by atoms with Crippen molar-refractivity contribution >= 4 is 0 Å². The van der Waals surface area contributed by atoms with E-state index in [1.165, 1.54) is 0 Å². The van der Waals surface area contributed by atoms with Gasteiger partial charge >= 0.3 is 50.6 Å². The van der Waals surface area contributed by atoms with Crippen LogP contribution in [0.4, 0.5) is 0 Å². The molecule has 0 atom stereocenters. The third-order valence-electron chi connectivity index (χ3n) is 0. The molecule has 0 heterocycles. The molecule has 0 radical (unpaired) electrons. The van der Waals surface area contributed by atoms with Crippen molar-refractivity contribution in [2.75, 3.05) is 0 Å². The molecule has 0 aliphatic rings. The van der Waals surface area contributed by atoms with Gasteiger partial charge in [-0.3, -0.25) is 0 Å². The van der Waals surface area contributed by atoms with E-state index in [0.717, 1.165) is 0 Å². The van der Waals surface area contributed by atoms with Crippen LogP contribution in [0.5, 0.6) is 0 Å². The summed E-state index contributed by atoms with van der Waals surface area (Å²) in [5, 5.41) is 0. The molecule has 0 spiro atoms. The third-order valence-corrected chi connectivity index (χ3v) is 0. The van der Waals surface area contributed by atoms with Gasteiger partial charge in [0.05, 0.1) is 32.4 Å². The van der Waals surface area contributed by atoms with Gasteiger partial charge in [0.15, 0.2) is 0 Å². The van der Waals surface area contributed by atoms with Crippen molar-refractivity contribution in [3.05, 3.63) is 0 Å². The zero-order valence-electron chi connectivity index (χ0n) is 6.12.